The molecule has 1 atom stereocenters. The Labute approximate surface area is 134 Å². The van der Waals surface area contributed by atoms with Gasteiger partial charge in [0.25, 0.3) is 0 Å². The first-order valence-corrected chi connectivity index (χ1v) is 7.59. The van der Waals surface area contributed by atoms with E-state index in [0.29, 0.717) is 17.3 Å². The number of nitrogens with one attached hydrogen (secondary N) is 2. The van der Waals surface area contributed by atoms with Crippen LogP contribution in [0.3, 0.4) is 0 Å². The van der Waals surface area contributed by atoms with E-state index in [-0.39, 0.29) is 19.3 Å². The van der Waals surface area contributed by atoms with Crippen LogP contribution in [0.5, 0.6) is 5.75 Å². The summed E-state index contributed by atoms with van der Waals surface area (Å²) in [5.74, 6) is -0.666. The summed E-state index contributed by atoms with van der Waals surface area (Å²) in [6.07, 6.45) is 1.93. The lowest BCUT2D eigenvalue weighted by molar-refractivity contribution is -0.139. The van der Waals surface area contributed by atoms with Crippen molar-refractivity contribution in [3.8, 4) is 5.75 Å². The van der Waals surface area contributed by atoms with E-state index in [0.717, 1.165) is 19.4 Å². The largest absolute Gasteiger partial charge is 0.492 e. The highest BCUT2D eigenvalue weighted by Crippen LogP contribution is 2.15. The maximum atomic E-state index is 11.6. The minimum absolute atomic E-state index is 0.0185. The number of carbonyl (C=O) groups excluding carboxylic acids is 2. The number of hydrogen-bond acceptors (Lipinski definition) is 4. The second-order valence-electron chi connectivity index (χ2n) is 4.90. The monoisotopic (exact) mass is 326 g/mol. The molecule has 6 nitrogen and oxygen atoms in total. The van der Waals surface area contributed by atoms with Crippen LogP contribution in [-0.4, -0.2) is 44.2 Å². The molecule has 2 amide bonds. The molecule has 0 spiro atoms. The fraction of sp³-hybridized carbons (Fsp3) is 0.467. The number of benzene rings is 1. The number of hydrogen-bond donors (Lipinski definition) is 2. The maximum Gasteiger partial charge on any atom is 0.309 e. The zero-order chi connectivity index (χ0) is 15.8. The summed E-state index contributed by atoms with van der Waals surface area (Å²) >= 11 is 5.76. The van der Waals surface area contributed by atoms with Gasteiger partial charge in [-0.3, -0.25) is 9.59 Å². The SMILES string of the molecule is O=C(NCCOc1ccc(Cl)cc1)C(=O)NC[C@H]1CCCO1. The van der Waals surface area contributed by atoms with Crippen molar-refractivity contribution in [3.05, 3.63) is 29.3 Å². The van der Waals surface area contributed by atoms with Crippen molar-refractivity contribution < 1.29 is 19.1 Å². The van der Waals surface area contributed by atoms with Crippen molar-refractivity contribution in [3.63, 3.8) is 0 Å². The van der Waals surface area contributed by atoms with E-state index in [9.17, 15) is 9.59 Å². The lowest BCUT2D eigenvalue weighted by Gasteiger charge is -2.11. The molecule has 0 aromatic heterocycles. The molecule has 120 valence electrons. The fourth-order valence-electron chi connectivity index (χ4n) is 2.04. The second kappa shape index (κ2) is 8.60. The van der Waals surface area contributed by atoms with Gasteiger partial charge in [-0.1, -0.05) is 11.6 Å². The normalized spacial score (nSPS) is 17.0. The Kier molecular flexibility index (Phi) is 6.48. The van der Waals surface area contributed by atoms with Crippen LogP contribution in [0.4, 0.5) is 0 Å². The Morgan fingerprint density at radius 3 is 2.64 bits per heavy atom. The molecule has 1 fully saturated rings. The molecule has 22 heavy (non-hydrogen) atoms. The van der Waals surface area contributed by atoms with E-state index in [1.165, 1.54) is 0 Å². The van der Waals surface area contributed by atoms with E-state index < -0.39 is 11.8 Å². The van der Waals surface area contributed by atoms with Crippen LogP contribution in [0, 0.1) is 0 Å². The minimum Gasteiger partial charge on any atom is -0.492 e. The van der Waals surface area contributed by atoms with Gasteiger partial charge in [0.15, 0.2) is 0 Å². The smallest absolute Gasteiger partial charge is 0.309 e. The van der Waals surface area contributed by atoms with Gasteiger partial charge in [0.1, 0.15) is 12.4 Å². The lowest BCUT2D eigenvalue weighted by atomic mass is 10.2. The number of amides is 2. The van der Waals surface area contributed by atoms with Gasteiger partial charge in [-0.15, -0.1) is 0 Å². The van der Waals surface area contributed by atoms with Crippen molar-refractivity contribution in [2.75, 3.05) is 26.3 Å². The zero-order valence-corrected chi connectivity index (χ0v) is 12.9. The van der Waals surface area contributed by atoms with Crippen molar-refractivity contribution in [2.45, 2.75) is 18.9 Å². The van der Waals surface area contributed by atoms with E-state index >= 15 is 0 Å². The van der Waals surface area contributed by atoms with Crippen molar-refractivity contribution in [1.82, 2.24) is 10.6 Å². The summed E-state index contributed by atoms with van der Waals surface area (Å²) < 4.78 is 10.8. The van der Waals surface area contributed by atoms with E-state index in [2.05, 4.69) is 10.6 Å². The molecule has 0 radical (unpaired) electrons. The first kappa shape index (κ1) is 16.6. The third kappa shape index (κ3) is 5.54. The van der Waals surface area contributed by atoms with Crippen LogP contribution in [-0.2, 0) is 14.3 Å². The van der Waals surface area contributed by atoms with E-state index in [1.807, 2.05) is 0 Å². The third-order valence-electron chi connectivity index (χ3n) is 3.19. The van der Waals surface area contributed by atoms with Gasteiger partial charge in [-0.05, 0) is 37.1 Å². The Morgan fingerprint density at radius 2 is 1.95 bits per heavy atom. The van der Waals surface area contributed by atoms with Crippen LogP contribution in [0.2, 0.25) is 5.02 Å². The van der Waals surface area contributed by atoms with Crippen LogP contribution >= 0.6 is 11.6 Å². The predicted octanol–water partition coefficient (Wildman–Crippen LogP) is 1.13. The number of halogens is 1. The zero-order valence-electron chi connectivity index (χ0n) is 12.1. The van der Waals surface area contributed by atoms with E-state index in [1.54, 1.807) is 24.3 Å². The molecule has 7 heteroatoms. The van der Waals surface area contributed by atoms with Crippen LogP contribution in [0.15, 0.2) is 24.3 Å². The minimum atomic E-state index is -0.669. The molecule has 1 aromatic rings. The molecule has 1 aromatic carbocycles. The van der Waals surface area contributed by atoms with Crippen molar-refractivity contribution >= 4 is 23.4 Å². The Morgan fingerprint density at radius 1 is 1.23 bits per heavy atom. The molecule has 1 aliphatic heterocycles. The highest BCUT2D eigenvalue weighted by atomic mass is 35.5. The van der Waals surface area contributed by atoms with E-state index in [4.69, 9.17) is 21.1 Å². The van der Waals surface area contributed by atoms with Crippen molar-refractivity contribution in [2.24, 2.45) is 0 Å². The first-order chi connectivity index (χ1) is 10.6. The second-order valence-corrected chi connectivity index (χ2v) is 5.34. The topological polar surface area (TPSA) is 76.7 Å². The molecule has 1 saturated heterocycles. The molecule has 0 unspecified atom stereocenters. The molecule has 0 bridgehead atoms. The van der Waals surface area contributed by atoms with Gasteiger partial charge in [0.2, 0.25) is 0 Å². The average Bonchev–Trinajstić information content (AvgIpc) is 3.04. The Hall–Kier alpha value is -1.79. The summed E-state index contributed by atoms with van der Waals surface area (Å²) in [6, 6.07) is 6.90. The predicted molar refractivity (Wildman–Crippen MR) is 81.9 cm³/mol. The summed E-state index contributed by atoms with van der Waals surface area (Å²) in [5, 5.41) is 5.68. The molecule has 1 aliphatic rings. The lowest BCUT2D eigenvalue weighted by Crippen LogP contribution is -2.43. The van der Waals surface area contributed by atoms with Gasteiger partial charge in [-0.25, -0.2) is 0 Å². The van der Waals surface area contributed by atoms with Gasteiger partial charge >= 0.3 is 11.8 Å². The van der Waals surface area contributed by atoms with Crippen LogP contribution in [0.1, 0.15) is 12.8 Å². The molecular weight excluding hydrogens is 308 g/mol. The molecule has 1 heterocycles. The summed E-state index contributed by atoms with van der Waals surface area (Å²) in [5.41, 5.74) is 0. The summed E-state index contributed by atoms with van der Waals surface area (Å²) in [7, 11) is 0. The third-order valence-corrected chi connectivity index (χ3v) is 3.44. The standard InChI is InChI=1S/C15H19ClN2O4/c16-11-3-5-12(6-4-11)22-9-7-17-14(19)15(20)18-10-13-2-1-8-21-13/h3-6,13H,1-2,7-10H2,(H,17,19)(H,18,20)/t13-/m1/s1. The quantitative estimate of drug-likeness (QED) is 0.607. The number of carbonyl (C=O) groups is 2. The van der Waals surface area contributed by atoms with Gasteiger partial charge < -0.3 is 20.1 Å². The van der Waals surface area contributed by atoms with Gasteiger partial charge in [0, 0.05) is 18.2 Å². The average molecular weight is 327 g/mol. The molecule has 0 aliphatic carbocycles. The van der Waals surface area contributed by atoms with Crippen molar-refractivity contribution in [1.29, 1.82) is 0 Å². The fourth-order valence-corrected chi connectivity index (χ4v) is 2.16. The molecular formula is C15H19ClN2O4. The van der Waals surface area contributed by atoms with Gasteiger partial charge in [0.05, 0.1) is 12.6 Å². The van der Waals surface area contributed by atoms with Crippen LogP contribution in [0.25, 0.3) is 0 Å². The summed E-state index contributed by atoms with van der Waals surface area (Å²) in [4.78, 5) is 23.1. The molecule has 0 saturated carbocycles. The number of ether oxygens (including phenoxy) is 2. The Balaban J connectivity index is 1.58. The summed E-state index contributed by atoms with van der Waals surface area (Å²) in [6.45, 7) is 1.60. The highest BCUT2D eigenvalue weighted by Gasteiger charge is 2.18. The highest BCUT2D eigenvalue weighted by molar-refractivity contribution is 6.35. The maximum absolute atomic E-state index is 11.6. The Bertz CT molecular complexity index is 501. The van der Waals surface area contributed by atoms with Gasteiger partial charge in [-0.2, -0.15) is 0 Å². The number of rotatable bonds is 6. The first-order valence-electron chi connectivity index (χ1n) is 7.21. The molecule has 2 N–H and O–H groups in total. The molecule has 2 rings (SSSR count). The van der Waals surface area contributed by atoms with Crippen LogP contribution < -0.4 is 15.4 Å².